The zero-order valence-electron chi connectivity index (χ0n) is 15.7. The lowest BCUT2D eigenvalue weighted by Gasteiger charge is -2.29. The van der Waals surface area contributed by atoms with Crippen LogP contribution in [0.3, 0.4) is 0 Å². The Kier molecular flexibility index (Phi) is 4.47. The first kappa shape index (κ1) is 17.5. The van der Waals surface area contributed by atoms with Gasteiger partial charge in [-0.3, -0.25) is 14.7 Å². The lowest BCUT2D eigenvalue weighted by molar-refractivity contribution is -0.120. The van der Waals surface area contributed by atoms with Gasteiger partial charge in [-0.2, -0.15) is 0 Å². The van der Waals surface area contributed by atoms with Crippen LogP contribution < -0.4 is 5.32 Å². The quantitative estimate of drug-likeness (QED) is 0.870. The number of carbonyl (C=O) groups is 1. The summed E-state index contributed by atoms with van der Waals surface area (Å²) >= 11 is 0. The predicted octanol–water partition coefficient (Wildman–Crippen LogP) is 3.90. The van der Waals surface area contributed by atoms with E-state index in [1.54, 1.807) is 13.8 Å². The fourth-order valence-corrected chi connectivity index (χ4v) is 3.97. The summed E-state index contributed by atoms with van der Waals surface area (Å²) in [7, 11) is 0. The predicted molar refractivity (Wildman–Crippen MR) is 101 cm³/mol. The van der Waals surface area contributed by atoms with E-state index in [0.717, 1.165) is 49.7 Å². The molecule has 6 nitrogen and oxygen atoms in total. The van der Waals surface area contributed by atoms with Gasteiger partial charge in [-0.05, 0) is 58.1 Å². The topological polar surface area (TPSA) is 80.0 Å². The van der Waals surface area contributed by atoms with Gasteiger partial charge in [0, 0.05) is 12.0 Å². The number of amides is 1. The molecule has 26 heavy (non-hydrogen) atoms. The summed E-state index contributed by atoms with van der Waals surface area (Å²) in [6.45, 7) is 3.47. The number of fused-ring (bicyclic) bond motifs is 1. The summed E-state index contributed by atoms with van der Waals surface area (Å²) in [5.74, 6) is 0.794. The fourth-order valence-electron chi connectivity index (χ4n) is 3.97. The normalized spacial score (nSPS) is 19.5. The van der Waals surface area contributed by atoms with Gasteiger partial charge in [-0.25, -0.2) is 9.97 Å². The van der Waals surface area contributed by atoms with Crippen LogP contribution in [0.25, 0.3) is 11.2 Å². The first-order valence-electron chi connectivity index (χ1n) is 9.86. The molecule has 0 bridgehead atoms. The third-order valence-corrected chi connectivity index (χ3v) is 5.81. The molecule has 0 spiro atoms. The molecule has 1 amide bonds. The van der Waals surface area contributed by atoms with Crippen molar-refractivity contribution >= 4 is 23.0 Å². The third kappa shape index (κ3) is 3.22. The lowest BCUT2D eigenvalue weighted by atomic mass is 9.89. The Morgan fingerprint density at radius 3 is 2.46 bits per heavy atom. The van der Waals surface area contributed by atoms with Gasteiger partial charge in [-0.1, -0.05) is 19.3 Å². The smallest absolute Gasteiger partial charge is 0.229 e. The maximum absolute atomic E-state index is 12.7. The molecule has 0 atom stereocenters. The maximum atomic E-state index is 12.7. The molecule has 6 heteroatoms. The minimum absolute atomic E-state index is 0.0864. The molecular weight excluding hydrogens is 328 g/mol. The minimum atomic E-state index is -1.01. The van der Waals surface area contributed by atoms with Crippen LogP contribution in [0.2, 0.25) is 0 Å². The Labute approximate surface area is 154 Å². The van der Waals surface area contributed by atoms with Gasteiger partial charge in [0.2, 0.25) is 11.9 Å². The van der Waals surface area contributed by atoms with Crippen molar-refractivity contribution in [3.05, 3.63) is 17.8 Å². The van der Waals surface area contributed by atoms with Crippen molar-refractivity contribution in [2.75, 3.05) is 5.32 Å². The second-order valence-corrected chi connectivity index (χ2v) is 8.31. The molecule has 140 valence electrons. The van der Waals surface area contributed by atoms with Crippen molar-refractivity contribution in [1.82, 2.24) is 14.5 Å². The van der Waals surface area contributed by atoms with Crippen LogP contribution in [-0.4, -0.2) is 25.5 Å². The Bertz CT molecular complexity index is 811. The van der Waals surface area contributed by atoms with Crippen LogP contribution in [0.5, 0.6) is 0 Å². The Balaban J connectivity index is 1.70. The van der Waals surface area contributed by atoms with Gasteiger partial charge in [-0.15, -0.1) is 0 Å². The largest absolute Gasteiger partial charge is 0.384 e. The second kappa shape index (κ2) is 6.65. The van der Waals surface area contributed by atoms with Crippen LogP contribution in [0.15, 0.2) is 12.1 Å². The second-order valence-electron chi connectivity index (χ2n) is 8.31. The van der Waals surface area contributed by atoms with Crippen LogP contribution >= 0.6 is 0 Å². The molecule has 0 aromatic carbocycles. The summed E-state index contributed by atoms with van der Waals surface area (Å²) in [5.41, 5.74) is 1.14. The van der Waals surface area contributed by atoms with Crippen LogP contribution in [0.1, 0.15) is 76.9 Å². The number of aromatic nitrogens is 3. The highest BCUT2D eigenvalue weighted by Crippen LogP contribution is 2.37. The standard InChI is InChI=1S/C20H28N4O2/c1-20(2,26)16-12-11-15-17(22-16)24(14-9-6-10-14)19(21-15)23-18(25)13-7-4-3-5-8-13/h11-14,26H,3-10H2,1-2H3,(H,21,23,25). The summed E-state index contributed by atoms with van der Waals surface area (Å²) in [5, 5.41) is 13.4. The van der Waals surface area contributed by atoms with E-state index in [1.165, 1.54) is 12.8 Å². The Morgan fingerprint density at radius 1 is 1.12 bits per heavy atom. The van der Waals surface area contributed by atoms with Crippen molar-refractivity contribution in [2.45, 2.75) is 76.9 Å². The molecule has 2 saturated carbocycles. The first-order chi connectivity index (χ1) is 12.4. The molecule has 0 saturated heterocycles. The Morgan fingerprint density at radius 2 is 1.85 bits per heavy atom. The van der Waals surface area contributed by atoms with Gasteiger partial charge < -0.3 is 5.11 Å². The van der Waals surface area contributed by atoms with Gasteiger partial charge in [0.1, 0.15) is 11.1 Å². The molecule has 0 unspecified atom stereocenters. The highest BCUT2D eigenvalue weighted by molar-refractivity contribution is 5.92. The number of anilines is 1. The van der Waals surface area contributed by atoms with E-state index in [9.17, 15) is 9.90 Å². The number of hydrogen-bond acceptors (Lipinski definition) is 4. The number of nitrogens with one attached hydrogen (secondary N) is 1. The van der Waals surface area contributed by atoms with Gasteiger partial charge in [0.15, 0.2) is 5.65 Å². The number of pyridine rings is 1. The van der Waals surface area contributed by atoms with E-state index in [4.69, 9.17) is 0 Å². The monoisotopic (exact) mass is 356 g/mol. The molecule has 2 N–H and O–H groups in total. The molecule has 2 aromatic heterocycles. The van der Waals surface area contributed by atoms with E-state index >= 15 is 0 Å². The van der Waals surface area contributed by atoms with E-state index in [1.807, 2.05) is 12.1 Å². The number of hydrogen-bond donors (Lipinski definition) is 2. The van der Waals surface area contributed by atoms with Crippen LogP contribution in [-0.2, 0) is 10.4 Å². The number of carbonyl (C=O) groups excluding carboxylic acids is 1. The minimum Gasteiger partial charge on any atom is -0.384 e. The highest BCUT2D eigenvalue weighted by atomic mass is 16.3. The number of imidazole rings is 1. The van der Waals surface area contributed by atoms with Gasteiger partial charge >= 0.3 is 0 Å². The number of aliphatic hydroxyl groups is 1. The highest BCUT2D eigenvalue weighted by Gasteiger charge is 2.29. The molecule has 2 fully saturated rings. The van der Waals surface area contributed by atoms with Crippen LogP contribution in [0.4, 0.5) is 5.95 Å². The summed E-state index contributed by atoms with van der Waals surface area (Å²) < 4.78 is 2.08. The molecule has 2 aliphatic rings. The van der Waals surface area contributed by atoms with E-state index in [0.29, 0.717) is 17.7 Å². The van der Waals surface area contributed by atoms with Gasteiger partial charge in [0.25, 0.3) is 0 Å². The Hall–Kier alpha value is -1.95. The molecule has 0 radical (unpaired) electrons. The van der Waals surface area contributed by atoms with E-state index in [2.05, 4.69) is 19.9 Å². The molecule has 2 aromatic rings. The van der Waals surface area contributed by atoms with Gasteiger partial charge in [0.05, 0.1) is 5.69 Å². The molecule has 0 aliphatic heterocycles. The average molecular weight is 356 g/mol. The summed E-state index contributed by atoms with van der Waals surface area (Å²) in [6.07, 6.45) is 8.77. The molecule has 2 aliphatic carbocycles. The summed E-state index contributed by atoms with van der Waals surface area (Å²) in [6, 6.07) is 4.03. The molecule has 4 rings (SSSR count). The SMILES string of the molecule is CC(C)(O)c1ccc2nc(NC(=O)C3CCCCC3)n(C3CCC3)c2n1. The zero-order chi connectivity index (χ0) is 18.3. The van der Waals surface area contributed by atoms with E-state index < -0.39 is 5.60 Å². The lowest BCUT2D eigenvalue weighted by Crippen LogP contribution is -2.28. The van der Waals surface area contributed by atoms with E-state index in [-0.39, 0.29) is 11.8 Å². The van der Waals surface area contributed by atoms with Crippen molar-refractivity contribution in [3.8, 4) is 0 Å². The van der Waals surface area contributed by atoms with Crippen molar-refractivity contribution < 1.29 is 9.90 Å². The third-order valence-electron chi connectivity index (χ3n) is 5.81. The average Bonchev–Trinajstić information content (AvgIpc) is 2.91. The zero-order valence-corrected chi connectivity index (χ0v) is 15.7. The number of rotatable bonds is 4. The summed E-state index contributed by atoms with van der Waals surface area (Å²) in [4.78, 5) is 22.1. The molecular formula is C20H28N4O2. The van der Waals surface area contributed by atoms with Crippen molar-refractivity contribution in [2.24, 2.45) is 5.92 Å². The maximum Gasteiger partial charge on any atom is 0.229 e. The van der Waals surface area contributed by atoms with Crippen molar-refractivity contribution in [1.29, 1.82) is 0 Å². The fraction of sp³-hybridized carbons (Fsp3) is 0.650. The number of nitrogens with zero attached hydrogens (tertiary/aromatic N) is 3. The van der Waals surface area contributed by atoms with Crippen molar-refractivity contribution in [3.63, 3.8) is 0 Å². The first-order valence-corrected chi connectivity index (χ1v) is 9.86. The van der Waals surface area contributed by atoms with Crippen LogP contribution in [0, 0.1) is 5.92 Å². The molecule has 2 heterocycles.